The van der Waals surface area contributed by atoms with E-state index in [1.54, 1.807) is 23.2 Å². The van der Waals surface area contributed by atoms with Gasteiger partial charge in [0.25, 0.3) is 0 Å². The van der Waals surface area contributed by atoms with Crippen LogP contribution in [0.25, 0.3) is 0 Å². The second-order valence-corrected chi connectivity index (χ2v) is 4.00. The maximum Gasteiger partial charge on any atom is 0.228 e. The maximum absolute atomic E-state index is 9.06. The SMILES string of the molecule is CN(C)c1nccc(Oc2cccc(CO)c2)n1. The van der Waals surface area contributed by atoms with Crippen molar-refractivity contribution in [1.29, 1.82) is 0 Å². The summed E-state index contributed by atoms with van der Waals surface area (Å²) in [4.78, 5) is 10.2. The Hall–Kier alpha value is -2.14. The zero-order valence-corrected chi connectivity index (χ0v) is 10.4. The number of aromatic nitrogens is 2. The number of aliphatic hydroxyl groups is 1. The van der Waals surface area contributed by atoms with Crippen molar-refractivity contribution < 1.29 is 9.84 Å². The third-order valence-electron chi connectivity index (χ3n) is 2.32. The highest BCUT2D eigenvalue weighted by atomic mass is 16.5. The summed E-state index contributed by atoms with van der Waals surface area (Å²) in [6.07, 6.45) is 1.65. The van der Waals surface area contributed by atoms with Gasteiger partial charge in [-0.3, -0.25) is 0 Å². The van der Waals surface area contributed by atoms with Crippen LogP contribution in [0.4, 0.5) is 5.95 Å². The van der Waals surface area contributed by atoms with Crippen molar-refractivity contribution in [3.05, 3.63) is 42.1 Å². The highest BCUT2D eigenvalue weighted by Crippen LogP contribution is 2.21. The van der Waals surface area contributed by atoms with Gasteiger partial charge in [0.05, 0.1) is 6.61 Å². The zero-order valence-electron chi connectivity index (χ0n) is 10.4. The largest absolute Gasteiger partial charge is 0.439 e. The Kier molecular flexibility index (Phi) is 3.74. The van der Waals surface area contributed by atoms with E-state index in [0.717, 1.165) is 5.56 Å². The van der Waals surface area contributed by atoms with Crippen LogP contribution in [0, 0.1) is 0 Å². The molecule has 2 aromatic rings. The molecule has 0 aliphatic carbocycles. The lowest BCUT2D eigenvalue weighted by Gasteiger charge is -2.11. The van der Waals surface area contributed by atoms with Crippen LogP contribution in [0.3, 0.4) is 0 Å². The highest BCUT2D eigenvalue weighted by Gasteiger charge is 2.03. The number of hydrogen-bond donors (Lipinski definition) is 1. The number of ether oxygens (including phenoxy) is 1. The molecule has 0 radical (unpaired) electrons. The van der Waals surface area contributed by atoms with Crippen molar-refractivity contribution in [3.63, 3.8) is 0 Å². The summed E-state index contributed by atoms with van der Waals surface area (Å²) < 4.78 is 5.62. The molecule has 1 heterocycles. The smallest absolute Gasteiger partial charge is 0.228 e. The Morgan fingerprint density at radius 1 is 1.28 bits per heavy atom. The maximum atomic E-state index is 9.06. The van der Waals surface area contributed by atoms with Crippen LogP contribution >= 0.6 is 0 Å². The molecule has 0 amide bonds. The third-order valence-corrected chi connectivity index (χ3v) is 2.32. The van der Waals surface area contributed by atoms with E-state index in [2.05, 4.69) is 9.97 Å². The van der Waals surface area contributed by atoms with E-state index in [0.29, 0.717) is 17.6 Å². The fourth-order valence-corrected chi connectivity index (χ4v) is 1.43. The van der Waals surface area contributed by atoms with Crippen LogP contribution in [0.15, 0.2) is 36.5 Å². The number of anilines is 1. The molecule has 5 heteroatoms. The van der Waals surface area contributed by atoms with Gasteiger partial charge in [0.1, 0.15) is 5.75 Å². The number of aliphatic hydroxyl groups excluding tert-OH is 1. The van der Waals surface area contributed by atoms with Gasteiger partial charge in [-0.2, -0.15) is 4.98 Å². The monoisotopic (exact) mass is 245 g/mol. The fraction of sp³-hybridized carbons (Fsp3) is 0.231. The average Bonchev–Trinajstić information content (AvgIpc) is 2.39. The molecule has 2 rings (SSSR count). The van der Waals surface area contributed by atoms with Gasteiger partial charge < -0.3 is 14.7 Å². The number of hydrogen-bond acceptors (Lipinski definition) is 5. The molecule has 0 spiro atoms. The molecular formula is C13H15N3O2. The standard InChI is InChI=1S/C13H15N3O2/c1-16(2)13-14-7-6-12(15-13)18-11-5-3-4-10(8-11)9-17/h3-8,17H,9H2,1-2H3. The Balaban J connectivity index is 2.20. The molecule has 0 aliphatic heterocycles. The molecule has 0 bridgehead atoms. The van der Waals surface area contributed by atoms with Gasteiger partial charge in [0.2, 0.25) is 11.8 Å². The van der Waals surface area contributed by atoms with E-state index < -0.39 is 0 Å². The Morgan fingerprint density at radius 2 is 2.11 bits per heavy atom. The van der Waals surface area contributed by atoms with Crippen molar-refractivity contribution in [2.24, 2.45) is 0 Å². The first kappa shape index (κ1) is 12.3. The summed E-state index contributed by atoms with van der Waals surface area (Å²) in [5.74, 6) is 1.71. The quantitative estimate of drug-likeness (QED) is 0.890. The van der Waals surface area contributed by atoms with E-state index >= 15 is 0 Å². The van der Waals surface area contributed by atoms with Crippen molar-refractivity contribution in [2.75, 3.05) is 19.0 Å². The molecule has 18 heavy (non-hydrogen) atoms. The molecular weight excluding hydrogens is 230 g/mol. The van der Waals surface area contributed by atoms with Crippen LogP contribution in [0.5, 0.6) is 11.6 Å². The second-order valence-electron chi connectivity index (χ2n) is 4.00. The molecule has 94 valence electrons. The van der Waals surface area contributed by atoms with Crippen LogP contribution in [0.2, 0.25) is 0 Å². The summed E-state index contributed by atoms with van der Waals surface area (Å²) in [6.45, 7) is -0.01000. The normalized spacial score (nSPS) is 10.2. The minimum Gasteiger partial charge on any atom is -0.439 e. The van der Waals surface area contributed by atoms with Crippen LogP contribution in [0.1, 0.15) is 5.56 Å². The van der Waals surface area contributed by atoms with Crippen molar-refractivity contribution >= 4 is 5.95 Å². The van der Waals surface area contributed by atoms with Crippen molar-refractivity contribution in [1.82, 2.24) is 9.97 Å². The number of rotatable bonds is 4. The van der Waals surface area contributed by atoms with E-state index in [9.17, 15) is 0 Å². The number of nitrogens with zero attached hydrogens (tertiary/aromatic N) is 3. The van der Waals surface area contributed by atoms with Crippen molar-refractivity contribution in [3.8, 4) is 11.6 Å². The second kappa shape index (κ2) is 5.46. The van der Waals surface area contributed by atoms with Crippen molar-refractivity contribution in [2.45, 2.75) is 6.61 Å². The fourth-order valence-electron chi connectivity index (χ4n) is 1.43. The van der Waals surface area contributed by atoms with E-state index in [-0.39, 0.29) is 6.61 Å². The van der Waals surface area contributed by atoms with Crippen LogP contribution < -0.4 is 9.64 Å². The summed E-state index contributed by atoms with van der Waals surface area (Å²) in [5, 5.41) is 9.06. The van der Waals surface area contributed by atoms with Gasteiger partial charge in [-0.15, -0.1) is 0 Å². The van der Waals surface area contributed by atoms with Crippen LogP contribution in [-0.2, 0) is 6.61 Å². The summed E-state index contributed by atoms with van der Waals surface area (Å²) in [5.41, 5.74) is 0.800. The molecule has 0 saturated carbocycles. The van der Waals surface area contributed by atoms with Gasteiger partial charge in [-0.05, 0) is 17.7 Å². The summed E-state index contributed by atoms with van der Waals surface area (Å²) >= 11 is 0. The predicted octanol–water partition coefficient (Wildman–Crippen LogP) is 1.83. The Bertz CT molecular complexity index is 529. The highest BCUT2D eigenvalue weighted by molar-refractivity contribution is 5.34. The van der Waals surface area contributed by atoms with Gasteiger partial charge in [0, 0.05) is 26.4 Å². The zero-order chi connectivity index (χ0) is 13.0. The van der Waals surface area contributed by atoms with Gasteiger partial charge >= 0.3 is 0 Å². The number of benzene rings is 1. The minimum absolute atomic E-state index is 0.01000. The average molecular weight is 245 g/mol. The van der Waals surface area contributed by atoms with E-state index in [4.69, 9.17) is 9.84 Å². The Morgan fingerprint density at radius 3 is 2.83 bits per heavy atom. The van der Waals surface area contributed by atoms with Gasteiger partial charge in [0.15, 0.2) is 0 Å². The van der Waals surface area contributed by atoms with Gasteiger partial charge in [-0.1, -0.05) is 12.1 Å². The van der Waals surface area contributed by atoms with E-state index in [1.807, 2.05) is 32.3 Å². The lowest BCUT2D eigenvalue weighted by Crippen LogP contribution is -2.12. The minimum atomic E-state index is -0.01000. The first-order chi connectivity index (χ1) is 8.69. The first-order valence-corrected chi connectivity index (χ1v) is 5.57. The van der Waals surface area contributed by atoms with E-state index in [1.165, 1.54) is 0 Å². The lowest BCUT2D eigenvalue weighted by molar-refractivity contribution is 0.281. The first-order valence-electron chi connectivity index (χ1n) is 5.57. The summed E-state index contributed by atoms with van der Waals surface area (Å²) in [7, 11) is 3.73. The molecule has 0 aliphatic rings. The lowest BCUT2D eigenvalue weighted by atomic mass is 10.2. The predicted molar refractivity (Wildman–Crippen MR) is 68.8 cm³/mol. The molecule has 1 aromatic heterocycles. The molecule has 0 fully saturated rings. The molecule has 1 aromatic carbocycles. The molecule has 0 saturated heterocycles. The molecule has 5 nitrogen and oxygen atoms in total. The summed E-state index contributed by atoms with van der Waals surface area (Å²) in [6, 6.07) is 8.94. The molecule has 0 unspecified atom stereocenters. The van der Waals surface area contributed by atoms with Gasteiger partial charge in [-0.25, -0.2) is 4.98 Å². The van der Waals surface area contributed by atoms with Crippen LogP contribution in [-0.4, -0.2) is 29.2 Å². The topological polar surface area (TPSA) is 58.5 Å². The molecule has 1 N–H and O–H groups in total. The Labute approximate surface area is 106 Å². The third kappa shape index (κ3) is 2.95. The molecule has 0 atom stereocenters.